The number of carbonyl (C=O) groups is 2. The zero-order valence-electron chi connectivity index (χ0n) is 33.5. The molecule has 0 bridgehead atoms. The van der Waals surface area contributed by atoms with Crippen LogP contribution in [0.3, 0.4) is 0 Å². The Kier molecular flexibility index (Phi) is 32.2. The molecule has 1 rings (SSSR count). The lowest BCUT2D eigenvalue weighted by molar-refractivity contribution is -0.305. The third-order valence-corrected chi connectivity index (χ3v) is 9.81. The summed E-state index contributed by atoms with van der Waals surface area (Å²) in [4.78, 5) is 25.2. The quantitative estimate of drug-likeness (QED) is 0.0281. The van der Waals surface area contributed by atoms with Crippen molar-refractivity contribution in [2.75, 3.05) is 19.8 Å². The Morgan fingerprint density at radius 2 is 1.02 bits per heavy atom. The lowest BCUT2D eigenvalue weighted by Crippen LogP contribution is -2.59. The van der Waals surface area contributed by atoms with Crippen molar-refractivity contribution in [2.45, 2.75) is 218 Å². The Morgan fingerprint density at radius 1 is 0.566 bits per heavy atom. The molecule has 1 saturated heterocycles. The number of allylic oxidation sites excluding steroid dienone is 4. The average Bonchev–Trinajstić information content (AvgIpc) is 3.15. The fraction of sp³-hybridized carbons (Fsp3) is 0.860. The molecule has 0 aromatic heterocycles. The number of aliphatic hydroxyl groups excluding tert-OH is 4. The molecule has 0 aromatic rings. The fourth-order valence-electron chi connectivity index (χ4n) is 6.34. The van der Waals surface area contributed by atoms with Crippen LogP contribution in [0.1, 0.15) is 181 Å². The third-order valence-electron chi connectivity index (χ3n) is 9.81. The number of carbonyl (C=O) groups excluding carboxylic acids is 2. The van der Waals surface area contributed by atoms with Gasteiger partial charge in [0.05, 0.1) is 13.2 Å². The molecule has 0 aromatic carbocycles. The molecular weight excluding hydrogens is 676 g/mol. The average molecular weight is 755 g/mol. The molecule has 0 amide bonds. The molecule has 53 heavy (non-hydrogen) atoms. The van der Waals surface area contributed by atoms with Gasteiger partial charge in [-0.25, -0.2) is 0 Å². The van der Waals surface area contributed by atoms with E-state index in [-0.39, 0.29) is 32.0 Å². The molecule has 6 unspecified atom stereocenters. The van der Waals surface area contributed by atoms with Crippen LogP contribution in [0.25, 0.3) is 0 Å². The largest absolute Gasteiger partial charge is 0.462 e. The highest BCUT2D eigenvalue weighted by molar-refractivity contribution is 5.70. The summed E-state index contributed by atoms with van der Waals surface area (Å²) in [5, 5.41) is 40.0. The predicted octanol–water partition coefficient (Wildman–Crippen LogP) is 8.55. The van der Waals surface area contributed by atoms with Gasteiger partial charge < -0.3 is 39.4 Å². The SMILES string of the molecule is CCCC/C=C\CCCCCCCC(=O)OCC(COC1OC(CO)C(O)C(O)C1O)OC(=O)CCCCCCCCC/C=C\CCCCCCCC. The summed E-state index contributed by atoms with van der Waals surface area (Å²) < 4.78 is 22.1. The van der Waals surface area contributed by atoms with Crippen LogP contribution in [-0.4, -0.2) is 89.0 Å². The van der Waals surface area contributed by atoms with E-state index in [2.05, 4.69) is 38.2 Å². The first-order valence-electron chi connectivity index (χ1n) is 21.4. The number of ether oxygens (including phenoxy) is 4. The van der Waals surface area contributed by atoms with E-state index in [0.717, 1.165) is 64.2 Å². The highest BCUT2D eigenvalue weighted by atomic mass is 16.7. The second-order valence-corrected chi connectivity index (χ2v) is 14.8. The van der Waals surface area contributed by atoms with E-state index in [4.69, 9.17) is 18.9 Å². The van der Waals surface area contributed by atoms with Gasteiger partial charge in [-0.05, 0) is 57.8 Å². The van der Waals surface area contributed by atoms with Crippen LogP contribution in [0.15, 0.2) is 24.3 Å². The van der Waals surface area contributed by atoms with E-state index < -0.39 is 49.4 Å². The monoisotopic (exact) mass is 755 g/mol. The minimum Gasteiger partial charge on any atom is -0.462 e. The maximum absolute atomic E-state index is 12.7. The van der Waals surface area contributed by atoms with Gasteiger partial charge in [0.2, 0.25) is 0 Å². The molecule has 310 valence electrons. The first-order valence-corrected chi connectivity index (χ1v) is 21.4. The zero-order chi connectivity index (χ0) is 38.8. The van der Waals surface area contributed by atoms with Crippen molar-refractivity contribution < 1.29 is 49.0 Å². The minimum atomic E-state index is -1.59. The van der Waals surface area contributed by atoms with E-state index in [0.29, 0.717) is 12.8 Å². The molecule has 0 spiro atoms. The van der Waals surface area contributed by atoms with Gasteiger partial charge in [0.1, 0.15) is 31.0 Å². The summed E-state index contributed by atoms with van der Waals surface area (Å²) in [6.45, 7) is 3.36. The molecule has 1 heterocycles. The zero-order valence-corrected chi connectivity index (χ0v) is 33.5. The normalized spacial score (nSPS) is 21.1. The fourth-order valence-corrected chi connectivity index (χ4v) is 6.34. The van der Waals surface area contributed by atoms with Crippen LogP contribution in [-0.2, 0) is 28.5 Å². The minimum absolute atomic E-state index is 0.222. The second-order valence-electron chi connectivity index (χ2n) is 14.8. The Bertz CT molecular complexity index is 923. The van der Waals surface area contributed by atoms with Gasteiger partial charge in [-0.3, -0.25) is 9.59 Å². The van der Waals surface area contributed by atoms with Gasteiger partial charge in [-0.1, -0.05) is 134 Å². The van der Waals surface area contributed by atoms with Crippen LogP contribution in [0.5, 0.6) is 0 Å². The Labute approximate surface area is 322 Å². The molecule has 1 aliphatic rings. The van der Waals surface area contributed by atoms with Gasteiger partial charge >= 0.3 is 11.9 Å². The maximum Gasteiger partial charge on any atom is 0.306 e. The van der Waals surface area contributed by atoms with Crippen molar-refractivity contribution in [3.05, 3.63) is 24.3 Å². The van der Waals surface area contributed by atoms with Crippen molar-refractivity contribution in [3.8, 4) is 0 Å². The predicted molar refractivity (Wildman–Crippen MR) is 210 cm³/mol. The summed E-state index contributed by atoms with van der Waals surface area (Å²) in [6, 6.07) is 0. The first kappa shape index (κ1) is 49.2. The molecule has 10 heteroatoms. The summed E-state index contributed by atoms with van der Waals surface area (Å²) in [5.74, 6) is -0.821. The smallest absolute Gasteiger partial charge is 0.306 e. The summed E-state index contributed by atoms with van der Waals surface area (Å²) in [6.07, 6.45) is 29.0. The Balaban J connectivity index is 2.35. The number of unbranched alkanes of at least 4 members (excludes halogenated alkanes) is 20. The van der Waals surface area contributed by atoms with Gasteiger partial charge in [0, 0.05) is 12.8 Å². The topological polar surface area (TPSA) is 152 Å². The maximum atomic E-state index is 12.7. The standard InChI is InChI=1S/C43H78O10/c1-3-5-7-9-11-13-15-16-17-18-19-20-22-24-26-28-30-32-39(46)52-36(35-51-43-42(49)41(48)40(47)37(33-44)53-43)34-50-38(45)31-29-27-25-23-21-14-12-10-8-6-4-2/h10,12,16-17,36-37,40-44,47-49H,3-9,11,13-15,18-35H2,1-2H3/b12-10-,17-16-. The third kappa shape index (κ3) is 26.6. The molecule has 6 atom stereocenters. The van der Waals surface area contributed by atoms with Gasteiger partial charge in [-0.2, -0.15) is 0 Å². The van der Waals surface area contributed by atoms with Crippen LogP contribution in [0.2, 0.25) is 0 Å². The number of rotatable bonds is 35. The Morgan fingerprint density at radius 3 is 1.53 bits per heavy atom. The van der Waals surface area contributed by atoms with Gasteiger partial charge in [0.15, 0.2) is 12.4 Å². The van der Waals surface area contributed by atoms with Crippen LogP contribution >= 0.6 is 0 Å². The number of hydrogen-bond acceptors (Lipinski definition) is 10. The molecule has 0 aliphatic carbocycles. The lowest BCUT2D eigenvalue weighted by atomic mass is 9.99. The van der Waals surface area contributed by atoms with Crippen LogP contribution in [0, 0.1) is 0 Å². The lowest BCUT2D eigenvalue weighted by Gasteiger charge is -2.39. The van der Waals surface area contributed by atoms with Crippen molar-refractivity contribution in [3.63, 3.8) is 0 Å². The van der Waals surface area contributed by atoms with Crippen molar-refractivity contribution in [1.82, 2.24) is 0 Å². The highest BCUT2D eigenvalue weighted by Crippen LogP contribution is 2.22. The van der Waals surface area contributed by atoms with Crippen LogP contribution < -0.4 is 0 Å². The summed E-state index contributed by atoms with van der Waals surface area (Å²) >= 11 is 0. The molecule has 4 N–H and O–H groups in total. The van der Waals surface area contributed by atoms with E-state index in [1.807, 2.05) is 0 Å². The van der Waals surface area contributed by atoms with E-state index in [9.17, 15) is 30.0 Å². The van der Waals surface area contributed by atoms with E-state index in [1.54, 1.807) is 0 Å². The van der Waals surface area contributed by atoms with Crippen molar-refractivity contribution in [1.29, 1.82) is 0 Å². The molecular formula is C43H78O10. The Hall–Kier alpha value is -1.82. The molecule has 1 aliphatic heterocycles. The number of aliphatic hydroxyl groups is 4. The van der Waals surface area contributed by atoms with Gasteiger partial charge in [0.25, 0.3) is 0 Å². The molecule has 0 saturated carbocycles. The molecule has 1 fully saturated rings. The highest BCUT2D eigenvalue weighted by Gasteiger charge is 2.44. The van der Waals surface area contributed by atoms with Crippen molar-refractivity contribution >= 4 is 11.9 Å². The molecule has 0 radical (unpaired) electrons. The van der Waals surface area contributed by atoms with E-state index >= 15 is 0 Å². The van der Waals surface area contributed by atoms with Crippen molar-refractivity contribution in [2.24, 2.45) is 0 Å². The van der Waals surface area contributed by atoms with E-state index in [1.165, 1.54) is 77.0 Å². The first-order chi connectivity index (χ1) is 25.8. The molecule has 10 nitrogen and oxygen atoms in total. The summed E-state index contributed by atoms with van der Waals surface area (Å²) in [7, 11) is 0. The van der Waals surface area contributed by atoms with Crippen LogP contribution in [0.4, 0.5) is 0 Å². The number of hydrogen-bond donors (Lipinski definition) is 4. The summed E-state index contributed by atoms with van der Waals surface area (Å²) in [5.41, 5.74) is 0. The van der Waals surface area contributed by atoms with Gasteiger partial charge in [-0.15, -0.1) is 0 Å². The number of esters is 2. The second kappa shape index (κ2) is 34.7.